The summed E-state index contributed by atoms with van der Waals surface area (Å²) in [5, 5.41) is 23.4. The molecule has 0 heterocycles. The first-order valence-corrected chi connectivity index (χ1v) is 32.2. The van der Waals surface area contributed by atoms with Gasteiger partial charge >= 0.3 is 0 Å². The van der Waals surface area contributed by atoms with Gasteiger partial charge in [-0.2, -0.15) is 0 Å². The van der Waals surface area contributed by atoms with Crippen molar-refractivity contribution in [1.82, 2.24) is 5.32 Å². The number of nitrogens with one attached hydrogen (secondary N) is 1. The molecule has 0 aromatic rings. The normalized spacial score (nSPS) is 12.9. The van der Waals surface area contributed by atoms with Gasteiger partial charge in [0.2, 0.25) is 5.91 Å². The van der Waals surface area contributed by atoms with Crippen LogP contribution in [0, 0.1) is 0 Å². The molecule has 4 nitrogen and oxygen atoms in total. The van der Waals surface area contributed by atoms with Gasteiger partial charge in [-0.05, 0) is 51.4 Å². The summed E-state index contributed by atoms with van der Waals surface area (Å²) in [5.41, 5.74) is 0. The van der Waals surface area contributed by atoms with Crippen molar-refractivity contribution < 1.29 is 15.0 Å². The molecule has 0 spiro atoms. The molecule has 0 aromatic heterocycles. The van der Waals surface area contributed by atoms with E-state index in [-0.39, 0.29) is 12.5 Å². The largest absolute Gasteiger partial charge is 0.394 e. The average Bonchev–Trinajstić information content (AvgIpc) is 3.36. The fourth-order valence-electron chi connectivity index (χ4n) is 10.3. The molecule has 414 valence electrons. The van der Waals surface area contributed by atoms with E-state index in [0.29, 0.717) is 12.8 Å². The summed E-state index contributed by atoms with van der Waals surface area (Å²) in [6.45, 7) is 4.39. The molecule has 0 bridgehead atoms. The van der Waals surface area contributed by atoms with Gasteiger partial charge in [-0.3, -0.25) is 4.79 Å². The fraction of sp³-hybridized carbons (Fsp3) is 0.894. The zero-order valence-electron chi connectivity index (χ0n) is 47.8. The number of aliphatic hydroxyl groups is 2. The van der Waals surface area contributed by atoms with Crippen molar-refractivity contribution in [3.8, 4) is 0 Å². The molecule has 0 aliphatic carbocycles. The molecule has 0 rings (SSSR count). The highest BCUT2D eigenvalue weighted by Crippen LogP contribution is 2.19. The van der Waals surface area contributed by atoms with E-state index in [1.807, 2.05) is 0 Å². The first-order chi connectivity index (χ1) is 34.7. The van der Waals surface area contributed by atoms with Crippen LogP contribution in [0.25, 0.3) is 0 Å². The van der Waals surface area contributed by atoms with Gasteiger partial charge in [0, 0.05) is 6.42 Å². The van der Waals surface area contributed by atoms with Crippen LogP contribution in [-0.4, -0.2) is 34.9 Å². The molecule has 2 atom stereocenters. The van der Waals surface area contributed by atoms with E-state index in [0.717, 1.165) is 38.5 Å². The number of hydrogen-bond donors (Lipinski definition) is 3. The zero-order valence-corrected chi connectivity index (χ0v) is 47.8. The Kier molecular flexibility index (Phi) is 60.7. The Balaban J connectivity index is 3.40. The van der Waals surface area contributed by atoms with Gasteiger partial charge in [0.1, 0.15) is 0 Å². The topological polar surface area (TPSA) is 69.6 Å². The van der Waals surface area contributed by atoms with Crippen LogP contribution in [0.5, 0.6) is 0 Å². The molecule has 0 aliphatic heterocycles. The first-order valence-electron chi connectivity index (χ1n) is 32.2. The summed E-state index contributed by atoms with van der Waals surface area (Å²) in [4.78, 5) is 12.5. The molecule has 0 saturated carbocycles. The minimum absolute atomic E-state index is 0.0240. The second-order valence-electron chi connectivity index (χ2n) is 22.2. The Morgan fingerprint density at radius 1 is 0.343 bits per heavy atom. The van der Waals surface area contributed by atoms with Crippen molar-refractivity contribution in [2.24, 2.45) is 0 Å². The van der Waals surface area contributed by atoms with Crippen LogP contribution in [0.15, 0.2) is 36.5 Å². The molecule has 0 saturated heterocycles. The van der Waals surface area contributed by atoms with Crippen LogP contribution in [0.3, 0.4) is 0 Å². The number of carbonyl (C=O) groups is 1. The van der Waals surface area contributed by atoms with Gasteiger partial charge in [-0.1, -0.05) is 339 Å². The molecule has 4 heteroatoms. The van der Waals surface area contributed by atoms with Crippen molar-refractivity contribution in [2.45, 2.75) is 373 Å². The quantitative estimate of drug-likeness (QED) is 0.0420. The Morgan fingerprint density at radius 2 is 0.586 bits per heavy atom. The standard InChI is InChI=1S/C66H127NO3/c1-3-5-7-9-11-13-15-17-19-21-23-25-27-28-29-30-31-32-33-34-35-36-37-38-40-42-44-46-48-50-52-54-56-58-60-62-66(70)67-64(63-68)65(69)61-59-57-55-53-51-49-47-45-43-41-39-26-24-22-20-18-16-14-12-10-8-6-4-2/h15,17,21,23,27-28,64-65,68-69H,3-14,16,18-20,22,24-26,29-63H2,1-2H3,(H,67,70)/b17-15-,23-21-,28-27-. The number of rotatable bonds is 60. The van der Waals surface area contributed by atoms with Crippen LogP contribution in [-0.2, 0) is 4.79 Å². The maximum atomic E-state index is 12.5. The molecule has 2 unspecified atom stereocenters. The minimum atomic E-state index is -0.659. The van der Waals surface area contributed by atoms with Crippen molar-refractivity contribution in [1.29, 1.82) is 0 Å². The van der Waals surface area contributed by atoms with Gasteiger partial charge < -0.3 is 15.5 Å². The predicted molar refractivity (Wildman–Crippen MR) is 313 cm³/mol. The number of aliphatic hydroxyl groups excluding tert-OH is 2. The Labute approximate surface area is 440 Å². The Bertz CT molecular complexity index is 1070. The van der Waals surface area contributed by atoms with E-state index in [2.05, 4.69) is 55.6 Å². The average molecular weight is 983 g/mol. The lowest BCUT2D eigenvalue weighted by atomic mass is 10.0. The third-order valence-electron chi connectivity index (χ3n) is 15.2. The summed E-state index contributed by atoms with van der Waals surface area (Å²) in [6.07, 6.45) is 84.6. The van der Waals surface area contributed by atoms with Gasteiger partial charge in [0.15, 0.2) is 0 Å². The van der Waals surface area contributed by atoms with Crippen molar-refractivity contribution in [2.75, 3.05) is 6.61 Å². The minimum Gasteiger partial charge on any atom is -0.394 e. The summed E-state index contributed by atoms with van der Waals surface area (Å²) in [5.74, 6) is -0.0240. The van der Waals surface area contributed by atoms with Gasteiger partial charge in [0.25, 0.3) is 0 Å². The van der Waals surface area contributed by atoms with Crippen LogP contribution in [0.2, 0.25) is 0 Å². The van der Waals surface area contributed by atoms with Crippen molar-refractivity contribution >= 4 is 5.91 Å². The highest BCUT2D eigenvalue weighted by molar-refractivity contribution is 5.76. The highest BCUT2D eigenvalue weighted by atomic mass is 16.3. The first kappa shape index (κ1) is 68.6. The van der Waals surface area contributed by atoms with Gasteiger partial charge in [-0.15, -0.1) is 0 Å². The molecule has 1 amide bonds. The Morgan fingerprint density at radius 3 is 0.871 bits per heavy atom. The Hall–Kier alpha value is -1.39. The van der Waals surface area contributed by atoms with Gasteiger partial charge in [0.05, 0.1) is 18.8 Å². The third-order valence-corrected chi connectivity index (χ3v) is 15.2. The third kappa shape index (κ3) is 57.5. The maximum absolute atomic E-state index is 12.5. The molecule has 3 N–H and O–H groups in total. The number of allylic oxidation sites excluding steroid dienone is 6. The van der Waals surface area contributed by atoms with Gasteiger partial charge in [-0.25, -0.2) is 0 Å². The molecule has 0 aliphatic rings. The summed E-state index contributed by atoms with van der Waals surface area (Å²) >= 11 is 0. The number of hydrogen-bond acceptors (Lipinski definition) is 3. The van der Waals surface area contributed by atoms with Crippen LogP contribution in [0.1, 0.15) is 361 Å². The monoisotopic (exact) mass is 982 g/mol. The highest BCUT2D eigenvalue weighted by Gasteiger charge is 2.20. The predicted octanol–water partition coefficient (Wildman–Crippen LogP) is 21.6. The number of carbonyl (C=O) groups excluding carboxylic acids is 1. The molecule has 0 fully saturated rings. The fourth-order valence-corrected chi connectivity index (χ4v) is 10.3. The lowest BCUT2D eigenvalue weighted by Crippen LogP contribution is -2.45. The second-order valence-corrected chi connectivity index (χ2v) is 22.2. The smallest absolute Gasteiger partial charge is 0.220 e. The lowest BCUT2D eigenvalue weighted by Gasteiger charge is -2.22. The molecular formula is C66H127NO3. The summed E-state index contributed by atoms with van der Waals surface area (Å²) < 4.78 is 0. The van der Waals surface area contributed by atoms with E-state index in [4.69, 9.17) is 0 Å². The lowest BCUT2D eigenvalue weighted by molar-refractivity contribution is -0.123. The summed E-state index contributed by atoms with van der Waals surface area (Å²) in [7, 11) is 0. The van der Waals surface area contributed by atoms with E-state index in [1.54, 1.807) is 0 Å². The molecular weight excluding hydrogens is 855 g/mol. The molecule has 70 heavy (non-hydrogen) atoms. The van der Waals surface area contributed by atoms with E-state index < -0.39 is 12.1 Å². The van der Waals surface area contributed by atoms with Crippen molar-refractivity contribution in [3.63, 3.8) is 0 Å². The van der Waals surface area contributed by atoms with Crippen LogP contribution in [0.4, 0.5) is 0 Å². The van der Waals surface area contributed by atoms with Crippen LogP contribution < -0.4 is 5.32 Å². The van der Waals surface area contributed by atoms with Crippen LogP contribution >= 0.6 is 0 Å². The molecule has 0 aromatic carbocycles. The summed E-state index contributed by atoms with van der Waals surface area (Å²) in [6, 6.07) is -0.536. The zero-order chi connectivity index (χ0) is 50.6. The van der Waals surface area contributed by atoms with Crippen molar-refractivity contribution in [3.05, 3.63) is 36.5 Å². The number of amides is 1. The maximum Gasteiger partial charge on any atom is 0.220 e. The number of unbranched alkanes of at least 4 members (excludes halogenated alkanes) is 47. The SMILES string of the molecule is CCCCCCC/C=C\C/C=C\C/C=C\CCCCCCCCCCCCCCCCCCCCCCC(=O)NC(CO)C(O)CCCCCCCCCCCCCCCCCCCCCCCCC. The van der Waals surface area contributed by atoms with E-state index >= 15 is 0 Å². The second kappa shape index (κ2) is 61.9. The van der Waals surface area contributed by atoms with E-state index in [9.17, 15) is 15.0 Å². The van der Waals surface area contributed by atoms with E-state index in [1.165, 1.54) is 295 Å². The molecule has 0 radical (unpaired) electrons.